The Hall–Kier alpha value is -0.930. The Bertz CT molecular complexity index is 321. The molecule has 1 aliphatic heterocycles. The van der Waals surface area contributed by atoms with Gasteiger partial charge in [0.15, 0.2) is 0 Å². The summed E-state index contributed by atoms with van der Waals surface area (Å²) < 4.78 is 5.44. The maximum Gasteiger partial charge on any atom is 0.0513 e. The summed E-state index contributed by atoms with van der Waals surface area (Å²) in [5, 5.41) is 3.38. The van der Waals surface area contributed by atoms with Gasteiger partial charge in [0.1, 0.15) is 0 Å². The van der Waals surface area contributed by atoms with Crippen molar-refractivity contribution in [3.8, 4) is 0 Å². The summed E-state index contributed by atoms with van der Waals surface area (Å²) in [6.07, 6.45) is 2.98. The predicted molar refractivity (Wildman–Crippen MR) is 59.7 cm³/mol. The van der Waals surface area contributed by atoms with E-state index < -0.39 is 0 Å². The number of ether oxygens (including phenoxy) is 1. The van der Waals surface area contributed by atoms with Crippen LogP contribution in [-0.4, -0.2) is 25.2 Å². The van der Waals surface area contributed by atoms with E-state index in [0.29, 0.717) is 12.0 Å². The fraction of sp³-hybridized carbons (Fsp3) is 0.583. The van der Waals surface area contributed by atoms with E-state index in [9.17, 15) is 0 Å². The maximum absolute atomic E-state index is 5.44. The molecule has 15 heavy (non-hydrogen) atoms. The van der Waals surface area contributed by atoms with Crippen molar-refractivity contribution >= 4 is 0 Å². The molecule has 0 saturated carbocycles. The number of pyridine rings is 1. The van der Waals surface area contributed by atoms with Gasteiger partial charge in [-0.25, -0.2) is 0 Å². The van der Waals surface area contributed by atoms with E-state index >= 15 is 0 Å². The Morgan fingerprint density at radius 3 is 3.07 bits per heavy atom. The minimum Gasteiger partial charge on any atom is -0.381 e. The second-order valence-electron chi connectivity index (χ2n) is 4.07. The highest BCUT2D eigenvalue weighted by molar-refractivity contribution is 5.23. The molecule has 0 amide bonds. The van der Waals surface area contributed by atoms with Crippen LogP contribution in [0.3, 0.4) is 0 Å². The first-order chi connectivity index (χ1) is 7.33. The SMILES string of the molecule is CNC(c1cccnc1C)C1CCOC1. The van der Waals surface area contributed by atoms with Crippen molar-refractivity contribution in [2.45, 2.75) is 19.4 Å². The molecular weight excluding hydrogens is 188 g/mol. The van der Waals surface area contributed by atoms with Gasteiger partial charge in [0.05, 0.1) is 6.61 Å². The number of rotatable bonds is 3. The van der Waals surface area contributed by atoms with Crippen LogP contribution in [0, 0.1) is 12.8 Å². The van der Waals surface area contributed by atoms with Crippen molar-refractivity contribution in [1.82, 2.24) is 10.3 Å². The van der Waals surface area contributed by atoms with Crippen molar-refractivity contribution in [3.05, 3.63) is 29.6 Å². The Morgan fingerprint density at radius 1 is 1.60 bits per heavy atom. The standard InChI is InChI=1S/C12H18N2O/c1-9-11(4-3-6-14-9)12(13-2)10-5-7-15-8-10/h3-4,6,10,12-13H,5,7-8H2,1-2H3. The summed E-state index contributed by atoms with van der Waals surface area (Å²) in [5.41, 5.74) is 2.42. The zero-order chi connectivity index (χ0) is 10.7. The fourth-order valence-corrected chi connectivity index (χ4v) is 2.29. The highest BCUT2D eigenvalue weighted by Gasteiger charge is 2.26. The Labute approximate surface area is 90.9 Å². The minimum atomic E-state index is 0.376. The molecule has 1 aromatic rings. The normalized spacial score (nSPS) is 22.9. The lowest BCUT2D eigenvalue weighted by atomic mass is 9.92. The van der Waals surface area contributed by atoms with E-state index in [-0.39, 0.29) is 0 Å². The zero-order valence-electron chi connectivity index (χ0n) is 9.36. The van der Waals surface area contributed by atoms with Gasteiger partial charge in [0, 0.05) is 30.5 Å². The summed E-state index contributed by atoms with van der Waals surface area (Å²) in [5.74, 6) is 0.581. The zero-order valence-corrected chi connectivity index (χ0v) is 9.36. The Kier molecular flexibility index (Phi) is 3.34. The van der Waals surface area contributed by atoms with Gasteiger partial charge in [0.25, 0.3) is 0 Å². The van der Waals surface area contributed by atoms with E-state index in [1.54, 1.807) is 0 Å². The van der Waals surface area contributed by atoms with Gasteiger partial charge in [-0.1, -0.05) is 6.07 Å². The van der Waals surface area contributed by atoms with E-state index in [1.807, 2.05) is 19.3 Å². The number of hydrogen-bond acceptors (Lipinski definition) is 3. The summed E-state index contributed by atoms with van der Waals surface area (Å²) >= 11 is 0. The molecular formula is C12H18N2O. The highest BCUT2D eigenvalue weighted by Crippen LogP contribution is 2.29. The predicted octanol–water partition coefficient (Wildman–Crippen LogP) is 1.69. The monoisotopic (exact) mass is 206 g/mol. The molecule has 3 heteroatoms. The molecule has 0 bridgehead atoms. The summed E-state index contributed by atoms with van der Waals surface area (Å²) in [6.45, 7) is 3.82. The third kappa shape index (κ3) is 2.19. The van der Waals surface area contributed by atoms with Gasteiger partial charge < -0.3 is 10.1 Å². The fourth-order valence-electron chi connectivity index (χ4n) is 2.29. The number of nitrogens with zero attached hydrogens (tertiary/aromatic N) is 1. The van der Waals surface area contributed by atoms with Crippen molar-refractivity contribution < 1.29 is 4.74 Å². The molecule has 82 valence electrons. The summed E-state index contributed by atoms with van der Waals surface area (Å²) in [7, 11) is 2.01. The van der Waals surface area contributed by atoms with Crippen LogP contribution in [0.1, 0.15) is 23.7 Å². The second kappa shape index (κ2) is 4.73. The van der Waals surface area contributed by atoms with E-state index in [0.717, 1.165) is 25.3 Å². The highest BCUT2D eigenvalue weighted by atomic mass is 16.5. The van der Waals surface area contributed by atoms with Crippen LogP contribution in [0.2, 0.25) is 0 Å². The largest absolute Gasteiger partial charge is 0.381 e. The van der Waals surface area contributed by atoms with E-state index in [4.69, 9.17) is 4.74 Å². The lowest BCUT2D eigenvalue weighted by Crippen LogP contribution is -2.26. The van der Waals surface area contributed by atoms with Gasteiger partial charge in [0.2, 0.25) is 0 Å². The summed E-state index contributed by atoms with van der Waals surface area (Å²) in [4.78, 5) is 4.34. The average Bonchev–Trinajstić information content (AvgIpc) is 2.75. The number of hydrogen-bond donors (Lipinski definition) is 1. The van der Waals surface area contributed by atoms with Crippen molar-refractivity contribution in [2.24, 2.45) is 5.92 Å². The lowest BCUT2D eigenvalue weighted by Gasteiger charge is -2.23. The first-order valence-corrected chi connectivity index (χ1v) is 5.49. The summed E-state index contributed by atoms with van der Waals surface area (Å²) in [6, 6.07) is 4.53. The number of aryl methyl sites for hydroxylation is 1. The van der Waals surface area contributed by atoms with Crippen LogP contribution < -0.4 is 5.32 Å². The molecule has 2 rings (SSSR count). The first-order valence-electron chi connectivity index (χ1n) is 5.49. The average molecular weight is 206 g/mol. The van der Waals surface area contributed by atoms with Gasteiger partial charge in [-0.15, -0.1) is 0 Å². The van der Waals surface area contributed by atoms with Gasteiger partial charge in [-0.05, 0) is 32.0 Å². The molecule has 0 radical (unpaired) electrons. The van der Waals surface area contributed by atoms with E-state index in [2.05, 4.69) is 23.3 Å². The Morgan fingerprint density at radius 2 is 2.47 bits per heavy atom. The van der Waals surface area contributed by atoms with Gasteiger partial charge in [-0.2, -0.15) is 0 Å². The minimum absolute atomic E-state index is 0.376. The van der Waals surface area contributed by atoms with Crippen molar-refractivity contribution in [2.75, 3.05) is 20.3 Å². The van der Waals surface area contributed by atoms with Crippen LogP contribution >= 0.6 is 0 Å². The molecule has 1 aliphatic rings. The lowest BCUT2D eigenvalue weighted by molar-refractivity contribution is 0.177. The van der Waals surface area contributed by atoms with Crippen LogP contribution in [0.25, 0.3) is 0 Å². The number of nitrogens with one attached hydrogen (secondary N) is 1. The molecule has 1 N–H and O–H groups in total. The molecule has 0 aromatic carbocycles. The molecule has 2 atom stereocenters. The molecule has 1 saturated heterocycles. The quantitative estimate of drug-likeness (QED) is 0.817. The third-order valence-electron chi connectivity index (χ3n) is 3.13. The molecule has 3 nitrogen and oxygen atoms in total. The molecule has 1 aromatic heterocycles. The van der Waals surface area contributed by atoms with Crippen molar-refractivity contribution in [1.29, 1.82) is 0 Å². The second-order valence-corrected chi connectivity index (χ2v) is 4.07. The molecule has 2 unspecified atom stereocenters. The van der Waals surface area contributed by atoms with Crippen LogP contribution in [0.4, 0.5) is 0 Å². The third-order valence-corrected chi connectivity index (χ3v) is 3.13. The van der Waals surface area contributed by atoms with Crippen LogP contribution in [0.5, 0.6) is 0 Å². The van der Waals surface area contributed by atoms with Crippen LogP contribution in [-0.2, 0) is 4.74 Å². The van der Waals surface area contributed by atoms with Crippen molar-refractivity contribution in [3.63, 3.8) is 0 Å². The Balaban J connectivity index is 2.22. The van der Waals surface area contributed by atoms with E-state index in [1.165, 1.54) is 5.56 Å². The topological polar surface area (TPSA) is 34.2 Å². The molecule has 2 heterocycles. The van der Waals surface area contributed by atoms with Gasteiger partial charge >= 0.3 is 0 Å². The van der Waals surface area contributed by atoms with Crippen LogP contribution in [0.15, 0.2) is 18.3 Å². The molecule has 0 aliphatic carbocycles. The molecule has 0 spiro atoms. The first kappa shape index (κ1) is 10.6. The molecule has 1 fully saturated rings. The van der Waals surface area contributed by atoms with Gasteiger partial charge in [-0.3, -0.25) is 4.98 Å². The maximum atomic E-state index is 5.44. The number of aromatic nitrogens is 1. The smallest absolute Gasteiger partial charge is 0.0513 e.